The third-order valence-electron chi connectivity index (χ3n) is 2.16. The van der Waals surface area contributed by atoms with E-state index in [0.717, 1.165) is 18.9 Å². The first kappa shape index (κ1) is 18.4. The topological polar surface area (TPSA) is 88.5 Å². The number of carboxylic acids is 1. The molecule has 0 saturated heterocycles. The van der Waals surface area contributed by atoms with E-state index in [1.165, 1.54) is 0 Å². The number of hydrogen-bond acceptors (Lipinski definition) is 5. The number of nitrogens with one attached hydrogen (secondary N) is 1. The molecule has 1 aromatic heterocycles. The highest BCUT2D eigenvalue weighted by molar-refractivity contribution is 8.00. The van der Waals surface area contributed by atoms with Crippen molar-refractivity contribution < 1.29 is 32.6 Å². The molecule has 0 aliphatic rings. The summed E-state index contributed by atoms with van der Waals surface area (Å²) in [6.45, 7) is 0. The summed E-state index contributed by atoms with van der Waals surface area (Å²) in [6.07, 6.45) is -4.71. The molecule has 0 aromatic carbocycles. The van der Waals surface area contributed by atoms with Crippen LogP contribution in [0.4, 0.5) is 19.0 Å². The van der Waals surface area contributed by atoms with Crippen molar-refractivity contribution in [1.29, 1.82) is 0 Å². The minimum absolute atomic E-state index is 0.215. The second-order valence-electron chi connectivity index (χ2n) is 3.81. The highest BCUT2D eigenvalue weighted by Crippen LogP contribution is 2.38. The van der Waals surface area contributed by atoms with E-state index in [9.17, 15) is 22.8 Å². The number of aromatic nitrogens is 1. The number of aliphatic carboxylic acids is 1. The number of pyridine rings is 1. The Kier molecular flexibility index (Phi) is 6.30. The van der Waals surface area contributed by atoms with Gasteiger partial charge in [0.2, 0.25) is 11.8 Å². The van der Waals surface area contributed by atoms with Crippen molar-refractivity contribution in [3.8, 4) is 5.88 Å². The van der Waals surface area contributed by atoms with Crippen LogP contribution in [0.15, 0.2) is 6.07 Å². The lowest BCUT2D eigenvalue weighted by Gasteiger charge is -2.14. The molecule has 1 amide bonds. The van der Waals surface area contributed by atoms with E-state index in [2.05, 4.69) is 15.0 Å². The van der Waals surface area contributed by atoms with Crippen molar-refractivity contribution in [3.63, 3.8) is 0 Å². The van der Waals surface area contributed by atoms with E-state index in [1.54, 1.807) is 0 Å². The number of halogens is 4. The summed E-state index contributed by atoms with van der Waals surface area (Å²) in [6, 6.07) is 0.591. The van der Waals surface area contributed by atoms with Gasteiger partial charge >= 0.3 is 12.1 Å². The van der Waals surface area contributed by atoms with Crippen LogP contribution in [0.3, 0.4) is 0 Å². The Hall–Kier alpha value is -1.68. The standard InChI is InChI=1S/C11H10ClF3N2O4S/c1-21-10-5(11(13,14)15)2-6(12)9(17-10)16-7(18)3-22-4-8(19)20/h2H,3-4H2,1H3,(H,19,20)(H,16,17,18). The van der Waals surface area contributed by atoms with Crippen LogP contribution in [0.25, 0.3) is 0 Å². The molecule has 2 N–H and O–H groups in total. The summed E-state index contributed by atoms with van der Waals surface area (Å²) in [5, 5.41) is 10.2. The zero-order chi connectivity index (χ0) is 16.9. The van der Waals surface area contributed by atoms with Crippen molar-refractivity contribution >= 4 is 41.1 Å². The smallest absolute Gasteiger partial charge is 0.421 e. The molecule has 1 aromatic rings. The van der Waals surface area contributed by atoms with Crippen LogP contribution in [-0.4, -0.2) is 40.6 Å². The van der Waals surface area contributed by atoms with Crippen molar-refractivity contribution in [2.75, 3.05) is 23.9 Å². The van der Waals surface area contributed by atoms with Crippen LogP contribution in [0.5, 0.6) is 5.88 Å². The van der Waals surface area contributed by atoms with Gasteiger partial charge in [-0.25, -0.2) is 0 Å². The molecule has 0 radical (unpaired) electrons. The summed E-state index contributed by atoms with van der Waals surface area (Å²) >= 11 is 6.48. The van der Waals surface area contributed by atoms with Gasteiger partial charge in [0, 0.05) is 0 Å². The summed E-state index contributed by atoms with van der Waals surface area (Å²) in [4.78, 5) is 25.3. The molecule has 0 aliphatic heterocycles. The third kappa shape index (κ3) is 5.26. The van der Waals surface area contributed by atoms with Crippen molar-refractivity contribution in [2.45, 2.75) is 6.18 Å². The van der Waals surface area contributed by atoms with Crippen LogP contribution in [0.1, 0.15) is 5.56 Å². The summed E-state index contributed by atoms with van der Waals surface area (Å²) in [7, 11) is 1.000. The number of anilines is 1. The van der Waals surface area contributed by atoms with E-state index < -0.39 is 34.5 Å². The number of nitrogens with zero attached hydrogens (tertiary/aromatic N) is 1. The van der Waals surface area contributed by atoms with Gasteiger partial charge in [0.25, 0.3) is 0 Å². The van der Waals surface area contributed by atoms with Gasteiger partial charge in [-0.3, -0.25) is 9.59 Å². The predicted molar refractivity (Wildman–Crippen MR) is 74.4 cm³/mol. The summed E-state index contributed by atoms with van der Waals surface area (Å²) < 4.78 is 42.7. The molecule has 0 fully saturated rings. The van der Waals surface area contributed by atoms with Gasteiger partial charge < -0.3 is 15.2 Å². The Morgan fingerprint density at radius 1 is 1.45 bits per heavy atom. The average molecular weight is 359 g/mol. The zero-order valence-electron chi connectivity index (χ0n) is 11.0. The fraction of sp³-hybridized carbons (Fsp3) is 0.364. The molecule has 6 nitrogen and oxygen atoms in total. The number of rotatable bonds is 6. The number of amides is 1. The molecule has 0 bridgehead atoms. The summed E-state index contributed by atoms with van der Waals surface area (Å²) in [5.41, 5.74) is -1.17. The molecule has 0 spiro atoms. The number of carbonyl (C=O) groups excluding carboxylic acids is 1. The Labute approximate surface area is 132 Å². The Balaban J connectivity index is 2.88. The van der Waals surface area contributed by atoms with Gasteiger partial charge in [-0.1, -0.05) is 11.6 Å². The maximum atomic E-state index is 12.7. The van der Waals surface area contributed by atoms with E-state index >= 15 is 0 Å². The molecule has 22 heavy (non-hydrogen) atoms. The van der Waals surface area contributed by atoms with Gasteiger partial charge in [-0.2, -0.15) is 18.2 Å². The molecule has 0 saturated carbocycles. The van der Waals surface area contributed by atoms with Crippen molar-refractivity contribution in [2.24, 2.45) is 0 Å². The second-order valence-corrected chi connectivity index (χ2v) is 5.20. The number of ether oxygens (including phenoxy) is 1. The lowest BCUT2D eigenvalue weighted by Crippen LogP contribution is -2.18. The van der Waals surface area contributed by atoms with E-state index in [0.29, 0.717) is 6.07 Å². The lowest BCUT2D eigenvalue weighted by molar-refractivity contribution is -0.139. The minimum atomic E-state index is -4.71. The number of alkyl halides is 3. The summed E-state index contributed by atoms with van der Waals surface area (Å²) in [5.74, 6) is -3.27. The Bertz CT molecular complexity index is 583. The molecule has 1 rings (SSSR count). The quantitative estimate of drug-likeness (QED) is 0.812. The number of hydrogen-bond donors (Lipinski definition) is 2. The minimum Gasteiger partial charge on any atom is -0.481 e. The van der Waals surface area contributed by atoms with E-state index in [-0.39, 0.29) is 17.3 Å². The van der Waals surface area contributed by atoms with Crippen molar-refractivity contribution in [3.05, 3.63) is 16.7 Å². The Morgan fingerprint density at radius 2 is 2.09 bits per heavy atom. The monoisotopic (exact) mass is 358 g/mol. The van der Waals surface area contributed by atoms with Crippen LogP contribution in [-0.2, 0) is 15.8 Å². The van der Waals surface area contributed by atoms with Gasteiger partial charge in [0.1, 0.15) is 5.56 Å². The average Bonchev–Trinajstić information content (AvgIpc) is 2.39. The largest absolute Gasteiger partial charge is 0.481 e. The Morgan fingerprint density at radius 3 is 2.59 bits per heavy atom. The second kappa shape index (κ2) is 7.54. The molecule has 1 heterocycles. The number of thioether (sulfide) groups is 1. The van der Waals surface area contributed by atoms with Gasteiger partial charge in [0.15, 0.2) is 5.82 Å². The van der Waals surface area contributed by atoms with Gasteiger partial charge in [-0.05, 0) is 6.07 Å². The van der Waals surface area contributed by atoms with Crippen LogP contribution >= 0.6 is 23.4 Å². The molecule has 0 aliphatic carbocycles. The highest BCUT2D eigenvalue weighted by atomic mass is 35.5. The maximum absolute atomic E-state index is 12.7. The first-order valence-corrected chi connectivity index (χ1v) is 7.09. The number of carboxylic acid groups (broad SMARTS) is 1. The van der Waals surface area contributed by atoms with Gasteiger partial charge in [-0.15, -0.1) is 11.8 Å². The van der Waals surface area contributed by atoms with Crippen LogP contribution in [0.2, 0.25) is 5.02 Å². The molecule has 0 atom stereocenters. The predicted octanol–water partition coefficient (Wildman–Crippen LogP) is 2.52. The van der Waals surface area contributed by atoms with E-state index in [4.69, 9.17) is 16.7 Å². The van der Waals surface area contributed by atoms with Crippen molar-refractivity contribution in [1.82, 2.24) is 4.98 Å². The molecular formula is C11H10ClF3N2O4S. The fourth-order valence-electron chi connectivity index (χ4n) is 1.32. The fourth-order valence-corrected chi connectivity index (χ4v) is 2.05. The SMILES string of the molecule is COc1nc(NC(=O)CSCC(=O)O)c(Cl)cc1C(F)(F)F. The molecule has 0 unspecified atom stereocenters. The third-order valence-corrected chi connectivity index (χ3v) is 3.36. The van der Waals surface area contributed by atoms with Gasteiger partial charge in [0.05, 0.1) is 23.6 Å². The first-order valence-electron chi connectivity index (χ1n) is 5.56. The maximum Gasteiger partial charge on any atom is 0.421 e. The molecule has 11 heteroatoms. The number of methoxy groups -OCH3 is 1. The van der Waals surface area contributed by atoms with E-state index in [1.807, 2.05) is 0 Å². The first-order chi connectivity index (χ1) is 10.1. The normalized spacial score (nSPS) is 11.1. The highest BCUT2D eigenvalue weighted by Gasteiger charge is 2.36. The zero-order valence-corrected chi connectivity index (χ0v) is 12.6. The lowest BCUT2D eigenvalue weighted by atomic mass is 10.2. The molecule has 122 valence electrons. The van der Waals surface area contributed by atoms with Crippen LogP contribution in [0, 0.1) is 0 Å². The number of carbonyl (C=O) groups is 2. The van der Waals surface area contributed by atoms with Crippen LogP contribution < -0.4 is 10.1 Å². The molecular weight excluding hydrogens is 349 g/mol.